The number of nitrogens with one attached hydrogen (secondary N) is 3. The first-order valence-electron chi connectivity index (χ1n) is 10.3. The standard InChI is InChI=1S/C21H27N3O6S2/c1-4-14-10-16(21(26)30-5-2)20(31-14)23-19(25)12-22-17-11-15(8-9-18(17)29-3)32(27,28)24-13-6-7-13/h8-11,13,22,24H,4-7,12H2,1-3H3,(H,23,25). The third-order valence-electron chi connectivity index (χ3n) is 4.70. The van der Waals surface area contributed by atoms with Crippen LogP contribution < -0.4 is 20.1 Å². The van der Waals surface area contributed by atoms with Gasteiger partial charge in [0.15, 0.2) is 0 Å². The smallest absolute Gasteiger partial charge is 0.341 e. The summed E-state index contributed by atoms with van der Waals surface area (Å²) in [5, 5.41) is 6.08. The average Bonchev–Trinajstić information content (AvgIpc) is 3.47. The van der Waals surface area contributed by atoms with Crippen LogP contribution in [0.1, 0.15) is 41.9 Å². The minimum absolute atomic E-state index is 0.0170. The van der Waals surface area contributed by atoms with Crippen LogP contribution in [0.2, 0.25) is 0 Å². The normalized spacial score (nSPS) is 13.5. The number of ether oxygens (including phenoxy) is 2. The molecule has 1 aromatic heterocycles. The fourth-order valence-electron chi connectivity index (χ4n) is 2.90. The van der Waals surface area contributed by atoms with Crippen molar-refractivity contribution >= 4 is 43.9 Å². The molecule has 11 heteroatoms. The molecule has 2 aromatic rings. The molecule has 32 heavy (non-hydrogen) atoms. The van der Waals surface area contributed by atoms with Gasteiger partial charge in [-0.2, -0.15) is 0 Å². The predicted molar refractivity (Wildman–Crippen MR) is 123 cm³/mol. The molecule has 1 aliphatic rings. The second-order valence-corrected chi connectivity index (χ2v) is 10.0. The van der Waals surface area contributed by atoms with Crippen LogP contribution >= 0.6 is 11.3 Å². The zero-order valence-electron chi connectivity index (χ0n) is 18.2. The highest BCUT2D eigenvalue weighted by Gasteiger charge is 2.28. The third-order valence-corrected chi connectivity index (χ3v) is 7.41. The van der Waals surface area contributed by atoms with Crippen molar-refractivity contribution in [3.05, 3.63) is 34.7 Å². The van der Waals surface area contributed by atoms with E-state index in [0.717, 1.165) is 24.1 Å². The number of methoxy groups -OCH3 is 1. The van der Waals surface area contributed by atoms with Gasteiger partial charge in [0, 0.05) is 10.9 Å². The molecule has 0 saturated heterocycles. The number of anilines is 2. The molecule has 1 heterocycles. The molecule has 9 nitrogen and oxygen atoms in total. The molecule has 0 aliphatic heterocycles. The molecule has 1 amide bonds. The van der Waals surface area contributed by atoms with Gasteiger partial charge in [-0.15, -0.1) is 11.3 Å². The summed E-state index contributed by atoms with van der Waals surface area (Å²) >= 11 is 1.32. The van der Waals surface area contributed by atoms with Gasteiger partial charge in [0.2, 0.25) is 15.9 Å². The van der Waals surface area contributed by atoms with E-state index in [2.05, 4.69) is 15.4 Å². The van der Waals surface area contributed by atoms with E-state index in [-0.39, 0.29) is 24.1 Å². The summed E-state index contributed by atoms with van der Waals surface area (Å²) in [6.07, 6.45) is 2.38. The highest BCUT2D eigenvalue weighted by Crippen LogP contribution is 2.31. The molecule has 1 fully saturated rings. The number of esters is 1. The summed E-state index contributed by atoms with van der Waals surface area (Å²) in [6, 6.07) is 6.12. The van der Waals surface area contributed by atoms with Gasteiger partial charge in [-0.05, 0) is 50.5 Å². The fraction of sp³-hybridized carbons (Fsp3) is 0.429. The monoisotopic (exact) mass is 481 g/mol. The van der Waals surface area contributed by atoms with E-state index in [9.17, 15) is 18.0 Å². The lowest BCUT2D eigenvalue weighted by Crippen LogP contribution is -2.26. The van der Waals surface area contributed by atoms with Crippen molar-refractivity contribution in [3.63, 3.8) is 0 Å². The minimum Gasteiger partial charge on any atom is -0.495 e. The summed E-state index contributed by atoms with van der Waals surface area (Å²) in [5.74, 6) is -0.485. The Morgan fingerprint density at radius 3 is 2.56 bits per heavy atom. The maximum Gasteiger partial charge on any atom is 0.341 e. The lowest BCUT2D eigenvalue weighted by Gasteiger charge is -2.13. The van der Waals surface area contributed by atoms with Gasteiger partial charge in [0.05, 0.1) is 36.4 Å². The van der Waals surface area contributed by atoms with Crippen LogP contribution in [-0.4, -0.2) is 46.6 Å². The maximum atomic E-state index is 12.6. The molecular weight excluding hydrogens is 454 g/mol. The van der Waals surface area contributed by atoms with E-state index in [4.69, 9.17) is 9.47 Å². The fourth-order valence-corrected chi connectivity index (χ4v) is 5.23. The van der Waals surface area contributed by atoms with Gasteiger partial charge < -0.3 is 20.1 Å². The molecule has 0 radical (unpaired) electrons. The molecule has 3 N–H and O–H groups in total. The first-order chi connectivity index (χ1) is 15.3. The van der Waals surface area contributed by atoms with Crippen LogP contribution in [0.3, 0.4) is 0 Å². The number of carbonyl (C=O) groups is 2. The number of hydrogen-bond donors (Lipinski definition) is 3. The van der Waals surface area contributed by atoms with Crippen LogP contribution in [0.5, 0.6) is 5.75 Å². The number of carbonyl (C=O) groups excluding carboxylic acids is 2. The van der Waals surface area contributed by atoms with Crippen molar-refractivity contribution in [1.29, 1.82) is 0 Å². The Morgan fingerprint density at radius 1 is 1.19 bits per heavy atom. The molecule has 0 atom stereocenters. The van der Waals surface area contributed by atoms with Crippen molar-refractivity contribution in [1.82, 2.24) is 4.72 Å². The average molecular weight is 482 g/mol. The van der Waals surface area contributed by atoms with Gasteiger partial charge in [-0.25, -0.2) is 17.9 Å². The second-order valence-electron chi connectivity index (χ2n) is 7.19. The van der Waals surface area contributed by atoms with Crippen LogP contribution in [0.25, 0.3) is 0 Å². The molecule has 174 valence electrons. The Bertz CT molecular complexity index is 1090. The van der Waals surface area contributed by atoms with E-state index in [0.29, 0.717) is 22.0 Å². The quantitative estimate of drug-likeness (QED) is 0.422. The SMILES string of the molecule is CCOC(=O)c1cc(CC)sc1NC(=O)CNc1cc(S(=O)(=O)NC2CC2)ccc1OC. The number of hydrogen-bond acceptors (Lipinski definition) is 8. The molecule has 0 spiro atoms. The number of thiophene rings is 1. The number of amides is 1. The lowest BCUT2D eigenvalue weighted by atomic mass is 10.2. The Kier molecular flexibility index (Phi) is 7.75. The van der Waals surface area contributed by atoms with Gasteiger partial charge in [-0.1, -0.05) is 6.92 Å². The number of aryl methyl sites for hydroxylation is 1. The zero-order valence-corrected chi connectivity index (χ0v) is 19.8. The predicted octanol–water partition coefficient (Wildman–Crippen LogP) is 2.99. The molecule has 3 rings (SSSR count). The molecule has 1 aromatic carbocycles. The number of rotatable bonds is 11. The summed E-state index contributed by atoms with van der Waals surface area (Å²) in [4.78, 5) is 25.8. The second kappa shape index (κ2) is 10.3. The number of benzene rings is 1. The van der Waals surface area contributed by atoms with Crippen molar-refractivity contribution in [2.75, 3.05) is 30.9 Å². The summed E-state index contributed by atoms with van der Waals surface area (Å²) in [5.41, 5.74) is 0.686. The van der Waals surface area contributed by atoms with Crippen LogP contribution in [0, 0.1) is 0 Å². The Hall–Kier alpha value is -2.63. The molecular formula is C21H27N3O6S2. The van der Waals surface area contributed by atoms with Crippen LogP contribution in [0.4, 0.5) is 10.7 Å². The van der Waals surface area contributed by atoms with Gasteiger partial charge in [-0.3, -0.25) is 4.79 Å². The van der Waals surface area contributed by atoms with Crippen LogP contribution in [-0.2, 0) is 26.0 Å². The van der Waals surface area contributed by atoms with E-state index in [1.165, 1.54) is 36.6 Å². The lowest BCUT2D eigenvalue weighted by molar-refractivity contribution is -0.114. The largest absolute Gasteiger partial charge is 0.495 e. The highest BCUT2D eigenvalue weighted by atomic mass is 32.2. The molecule has 1 aliphatic carbocycles. The number of sulfonamides is 1. The Morgan fingerprint density at radius 2 is 1.94 bits per heavy atom. The van der Waals surface area contributed by atoms with Crippen molar-refractivity contribution < 1.29 is 27.5 Å². The van der Waals surface area contributed by atoms with E-state index < -0.39 is 21.9 Å². The van der Waals surface area contributed by atoms with Crippen molar-refractivity contribution in [2.45, 2.75) is 44.0 Å². The van der Waals surface area contributed by atoms with E-state index in [1.807, 2.05) is 6.92 Å². The maximum absolute atomic E-state index is 12.6. The van der Waals surface area contributed by atoms with Gasteiger partial charge >= 0.3 is 5.97 Å². The van der Waals surface area contributed by atoms with E-state index >= 15 is 0 Å². The first-order valence-corrected chi connectivity index (χ1v) is 12.6. The topological polar surface area (TPSA) is 123 Å². The molecule has 0 bridgehead atoms. The van der Waals surface area contributed by atoms with Gasteiger partial charge in [0.1, 0.15) is 10.8 Å². The van der Waals surface area contributed by atoms with Crippen molar-refractivity contribution in [3.8, 4) is 5.75 Å². The third kappa shape index (κ3) is 5.99. The Labute approximate surface area is 191 Å². The minimum atomic E-state index is -3.65. The first kappa shape index (κ1) is 24.0. The molecule has 1 saturated carbocycles. The van der Waals surface area contributed by atoms with Crippen LogP contribution in [0.15, 0.2) is 29.2 Å². The Balaban J connectivity index is 1.71. The molecule has 0 unspecified atom stereocenters. The summed E-state index contributed by atoms with van der Waals surface area (Å²) in [6.45, 7) is 3.76. The van der Waals surface area contributed by atoms with Gasteiger partial charge in [0.25, 0.3) is 0 Å². The highest BCUT2D eigenvalue weighted by molar-refractivity contribution is 7.89. The van der Waals surface area contributed by atoms with E-state index in [1.54, 1.807) is 13.0 Å². The van der Waals surface area contributed by atoms with Crippen molar-refractivity contribution in [2.24, 2.45) is 0 Å². The summed E-state index contributed by atoms with van der Waals surface area (Å²) in [7, 11) is -2.19. The zero-order chi connectivity index (χ0) is 23.3. The summed E-state index contributed by atoms with van der Waals surface area (Å²) < 4.78 is 38.0.